The molecule has 1 aliphatic carbocycles. The molecule has 38 heavy (non-hydrogen) atoms. The van der Waals surface area contributed by atoms with E-state index in [1.807, 2.05) is 61.5 Å². The van der Waals surface area contributed by atoms with E-state index in [0.717, 1.165) is 66.0 Å². The first-order valence-electron chi connectivity index (χ1n) is 13.4. The molecule has 0 atom stereocenters. The van der Waals surface area contributed by atoms with Crippen LogP contribution in [0.4, 0.5) is 11.8 Å². The van der Waals surface area contributed by atoms with Crippen LogP contribution in [0.5, 0.6) is 11.5 Å². The number of benzene rings is 3. The van der Waals surface area contributed by atoms with Gasteiger partial charge in [0.25, 0.3) is 0 Å². The summed E-state index contributed by atoms with van der Waals surface area (Å²) in [5, 5.41) is 8.42. The molecule has 0 saturated heterocycles. The van der Waals surface area contributed by atoms with Crippen molar-refractivity contribution < 1.29 is 9.47 Å². The van der Waals surface area contributed by atoms with Crippen molar-refractivity contribution in [3.05, 3.63) is 83.9 Å². The fraction of sp³-hybridized carbons (Fsp3) is 0.355. The van der Waals surface area contributed by atoms with E-state index in [-0.39, 0.29) is 0 Å². The maximum absolute atomic E-state index is 6.09. The van der Waals surface area contributed by atoms with Crippen LogP contribution < -0.4 is 25.0 Å². The molecule has 0 unspecified atom stereocenters. The molecule has 0 amide bonds. The Bertz CT molecular complexity index is 1340. The normalized spacial score (nSPS) is 17.2. The zero-order valence-corrected chi connectivity index (χ0v) is 22.5. The molecule has 7 nitrogen and oxygen atoms in total. The van der Waals surface area contributed by atoms with Gasteiger partial charge in [-0.3, -0.25) is 0 Å². The lowest BCUT2D eigenvalue weighted by atomic mass is 9.91. The molecule has 1 fully saturated rings. The van der Waals surface area contributed by atoms with Crippen molar-refractivity contribution in [3.8, 4) is 11.5 Å². The van der Waals surface area contributed by atoms with Gasteiger partial charge in [0.2, 0.25) is 5.95 Å². The molecule has 1 aliphatic rings. The molecule has 2 N–H and O–H groups in total. The van der Waals surface area contributed by atoms with Gasteiger partial charge in [-0.25, -0.2) is 4.98 Å². The van der Waals surface area contributed by atoms with Gasteiger partial charge >= 0.3 is 0 Å². The molecule has 3 aromatic carbocycles. The molecule has 0 radical (unpaired) electrons. The van der Waals surface area contributed by atoms with E-state index in [1.165, 1.54) is 5.56 Å². The third kappa shape index (κ3) is 6.34. The lowest BCUT2D eigenvalue weighted by Crippen LogP contribution is -2.37. The van der Waals surface area contributed by atoms with Crippen LogP contribution >= 0.6 is 0 Å². The molecule has 5 rings (SSSR count). The number of rotatable bonds is 10. The zero-order chi connectivity index (χ0) is 26.3. The van der Waals surface area contributed by atoms with Gasteiger partial charge in [-0.2, -0.15) is 4.98 Å². The van der Waals surface area contributed by atoms with Gasteiger partial charge in [0, 0.05) is 38.1 Å². The summed E-state index contributed by atoms with van der Waals surface area (Å²) in [6.07, 6.45) is 4.39. The van der Waals surface area contributed by atoms with Gasteiger partial charge in [0.05, 0.1) is 12.6 Å². The molecule has 7 heteroatoms. The summed E-state index contributed by atoms with van der Waals surface area (Å²) in [5.74, 6) is 3.19. The summed E-state index contributed by atoms with van der Waals surface area (Å²) in [7, 11) is 5.73. The molecule has 198 valence electrons. The maximum Gasteiger partial charge on any atom is 0.225 e. The minimum Gasteiger partial charge on any atom is -0.493 e. The molecule has 1 saturated carbocycles. The summed E-state index contributed by atoms with van der Waals surface area (Å²) < 4.78 is 11.6. The quantitative estimate of drug-likeness (QED) is 0.279. The highest BCUT2D eigenvalue weighted by Gasteiger charge is 2.22. The third-order valence-electron chi connectivity index (χ3n) is 7.13. The zero-order valence-electron chi connectivity index (χ0n) is 22.5. The van der Waals surface area contributed by atoms with Gasteiger partial charge in [0.15, 0.2) is 11.5 Å². The Kier molecular flexibility index (Phi) is 8.24. The fourth-order valence-corrected chi connectivity index (χ4v) is 5.03. The van der Waals surface area contributed by atoms with Crippen molar-refractivity contribution in [3.63, 3.8) is 0 Å². The van der Waals surface area contributed by atoms with E-state index >= 15 is 0 Å². The fourth-order valence-electron chi connectivity index (χ4n) is 5.03. The molecule has 1 aromatic heterocycles. The number of nitrogens with zero attached hydrogens (tertiary/aromatic N) is 3. The second kappa shape index (κ2) is 12.1. The third-order valence-corrected chi connectivity index (χ3v) is 7.13. The summed E-state index contributed by atoms with van der Waals surface area (Å²) in [6.45, 7) is 1.32. The largest absolute Gasteiger partial charge is 0.493 e. The lowest BCUT2D eigenvalue weighted by molar-refractivity contribution is 0.284. The number of hydrogen-bond acceptors (Lipinski definition) is 7. The van der Waals surface area contributed by atoms with Gasteiger partial charge < -0.3 is 25.0 Å². The number of aromatic nitrogens is 2. The molecule has 0 bridgehead atoms. The van der Waals surface area contributed by atoms with Gasteiger partial charge in [0.1, 0.15) is 12.4 Å². The Morgan fingerprint density at radius 2 is 1.55 bits per heavy atom. The van der Waals surface area contributed by atoms with Gasteiger partial charge in [-0.15, -0.1) is 0 Å². The lowest BCUT2D eigenvalue weighted by Gasteiger charge is -2.30. The standard InChI is InChI=1S/C31H37N5O2/c1-36(2)30-26-11-7-8-12-27(26)34-31(35-30)33-25-16-14-24(15-17-25)32-20-23-13-18-28(37-3)29(19-23)38-21-22-9-5-4-6-10-22/h4-13,18-19,24-25,32H,14-17,20-21H2,1-3H3,(H,33,34,35). The highest BCUT2D eigenvalue weighted by atomic mass is 16.5. The highest BCUT2D eigenvalue weighted by Crippen LogP contribution is 2.30. The first-order chi connectivity index (χ1) is 18.6. The van der Waals surface area contributed by atoms with Crippen LogP contribution in [0.15, 0.2) is 72.8 Å². The van der Waals surface area contributed by atoms with Crippen molar-refractivity contribution >= 4 is 22.7 Å². The smallest absolute Gasteiger partial charge is 0.225 e. The molecule has 0 spiro atoms. The van der Waals surface area contributed by atoms with E-state index in [4.69, 9.17) is 19.4 Å². The van der Waals surface area contributed by atoms with Crippen LogP contribution in [-0.2, 0) is 13.2 Å². The van der Waals surface area contributed by atoms with Crippen molar-refractivity contribution in [1.29, 1.82) is 0 Å². The van der Waals surface area contributed by atoms with E-state index in [9.17, 15) is 0 Å². The molecular weight excluding hydrogens is 474 g/mol. The second-order valence-electron chi connectivity index (χ2n) is 10.1. The minimum atomic E-state index is 0.378. The molecule has 0 aliphatic heterocycles. The number of para-hydroxylation sites is 1. The summed E-state index contributed by atoms with van der Waals surface area (Å²) in [6, 6.07) is 25.4. The Morgan fingerprint density at radius 3 is 2.32 bits per heavy atom. The Labute approximate surface area is 225 Å². The van der Waals surface area contributed by atoms with Crippen LogP contribution in [0.25, 0.3) is 10.9 Å². The second-order valence-corrected chi connectivity index (χ2v) is 10.1. The summed E-state index contributed by atoms with van der Waals surface area (Å²) in [5.41, 5.74) is 3.29. The van der Waals surface area contributed by atoms with Crippen molar-refractivity contribution in [2.24, 2.45) is 0 Å². The Balaban J connectivity index is 1.14. The number of hydrogen-bond donors (Lipinski definition) is 2. The van der Waals surface area contributed by atoms with Crippen LogP contribution in [0, 0.1) is 0 Å². The van der Waals surface area contributed by atoms with Crippen LogP contribution in [-0.4, -0.2) is 43.3 Å². The number of methoxy groups -OCH3 is 1. The minimum absolute atomic E-state index is 0.378. The summed E-state index contributed by atoms with van der Waals surface area (Å²) >= 11 is 0. The summed E-state index contributed by atoms with van der Waals surface area (Å²) in [4.78, 5) is 11.6. The topological polar surface area (TPSA) is 71.5 Å². The van der Waals surface area contributed by atoms with Crippen molar-refractivity contribution in [2.45, 2.75) is 50.9 Å². The van der Waals surface area contributed by atoms with Crippen molar-refractivity contribution in [1.82, 2.24) is 15.3 Å². The van der Waals surface area contributed by atoms with E-state index in [2.05, 4.69) is 41.0 Å². The molecule has 4 aromatic rings. The van der Waals surface area contributed by atoms with Crippen molar-refractivity contribution in [2.75, 3.05) is 31.4 Å². The van der Waals surface area contributed by atoms with E-state index in [0.29, 0.717) is 24.6 Å². The first-order valence-corrected chi connectivity index (χ1v) is 13.4. The molecule has 1 heterocycles. The van der Waals surface area contributed by atoms with Crippen LogP contribution in [0.2, 0.25) is 0 Å². The Hall–Kier alpha value is -3.84. The maximum atomic E-state index is 6.09. The molecular formula is C31H37N5O2. The average molecular weight is 512 g/mol. The number of fused-ring (bicyclic) bond motifs is 1. The Morgan fingerprint density at radius 1 is 0.816 bits per heavy atom. The number of anilines is 2. The van der Waals surface area contributed by atoms with E-state index in [1.54, 1.807) is 7.11 Å². The van der Waals surface area contributed by atoms with Gasteiger partial charge in [-0.05, 0) is 61.1 Å². The van der Waals surface area contributed by atoms with Crippen LogP contribution in [0.1, 0.15) is 36.8 Å². The first kappa shape index (κ1) is 25.8. The SMILES string of the molecule is COc1ccc(CNC2CCC(Nc3nc(N(C)C)c4ccccc4n3)CC2)cc1OCc1ccccc1. The average Bonchev–Trinajstić information content (AvgIpc) is 2.96. The predicted molar refractivity (Wildman–Crippen MR) is 154 cm³/mol. The number of nitrogens with one attached hydrogen (secondary N) is 2. The number of ether oxygens (including phenoxy) is 2. The highest BCUT2D eigenvalue weighted by molar-refractivity contribution is 5.90. The predicted octanol–water partition coefficient (Wildman–Crippen LogP) is 5.80. The van der Waals surface area contributed by atoms with Gasteiger partial charge in [-0.1, -0.05) is 48.5 Å². The monoisotopic (exact) mass is 511 g/mol. The van der Waals surface area contributed by atoms with Crippen LogP contribution in [0.3, 0.4) is 0 Å². The van der Waals surface area contributed by atoms with E-state index < -0.39 is 0 Å².